The first-order chi connectivity index (χ1) is 14.5. The lowest BCUT2D eigenvalue weighted by molar-refractivity contribution is -0.130. The van der Waals surface area contributed by atoms with Gasteiger partial charge in [-0.1, -0.05) is 25.3 Å². The zero-order valence-electron chi connectivity index (χ0n) is 17.9. The van der Waals surface area contributed by atoms with E-state index in [-0.39, 0.29) is 23.7 Å². The number of rotatable bonds is 5. The van der Waals surface area contributed by atoms with E-state index < -0.39 is 6.10 Å². The number of nitrogens with zero attached hydrogens (tertiary/aromatic N) is 2. The summed E-state index contributed by atoms with van der Waals surface area (Å²) in [7, 11) is 1.68. The van der Waals surface area contributed by atoms with E-state index in [4.69, 9.17) is 4.74 Å². The third-order valence-corrected chi connectivity index (χ3v) is 7.13. The van der Waals surface area contributed by atoms with Crippen molar-refractivity contribution in [1.29, 1.82) is 0 Å². The maximum absolute atomic E-state index is 12.6. The molecule has 1 saturated carbocycles. The van der Waals surface area contributed by atoms with E-state index in [0.29, 0.717) is 36.4 Å². The van der Waals surface area contributed by atoms with Crippen molar-refractivity contribution in [3.63, 3.8) is 0 Å². The number of hydrogen-bond acceptors (Lipinski definition) is 6. The highest BCUT2D eigenvalue weighted by molar-refractivity contribution is 5.97. The van der Waals surface area contributed by atoms with Gasteiger partial charge in [0.25, 0.3) is 0 Å². The number of likely N-dealkylation sites (N-methyl/N-ethyl adjacent to an activating group) is 1. The van der Waals surface area contributed by atoms with Crippen molar-refractivity contribution in [1.82, 2.24) is 10.2 Å². The number of carbonyl (C=O) groups is 1. The van der Waals surface area contributed by atoms with Crippen LogP contribution in [0.1, 0.15) is 43.2 Å². The van der Waals surface area contributed by atoms with Crippen molar-refractivity contribution in [3.05, 3.63) is 29.3 Å². The fourth-order valence-electron chi connectivity index (χ4n) is 5.29. The van der Waals surface area contributed by atoms with Gasteiger partial charge in [-0.25, -0.2) is 4.99 Å². The Bertz CT molecular complexity index is 812. The number of benzene rings is 1. The van der Waals surface area contributed by atoms with E-state index in [1.54, 1.807) is 19.2 Å². The number of β-amino-alcohol motifs (C(OH)–C–C–N with tert-alkyl or cyclic N) is 1. The fourth-order valence-corrected chi connectivity index (χ4v) is 5.29. The highest BCUT2D eigenvalue weighted by Gasteiger charge is 2.41. The number of hydrogen-bond donors (Lipinski definition) is 3. The fraction of sp³-hybridized carbons (Fsp3) is 0.652. The van der Waals surface area contributed by atoms with Gasteiger partial charge in [0.2, 0.25) is 11.8 Å². The first-order valence-electron chi connectivity index (χ1n) is 11.1. The minimum Gasteiger partial charge on any atom is -0.508 e. The lowest BCUT2D eigenvalue weighted by Gasteiger charge is -2.46. The van der Waals surface area contributed by atoms with Crippen molar-refractivity contribution in [2.75, 3.05) is 26.7 Å². The number of likely N-dealkylation sites (tertiary alicyclic amines) is 1. The Hall–Kier alpha value is -2.12. The van der Waals surface area contributed by atoms with Crippen LogP contribution in [0.3, 0.4) is 0 Å². The molecule has 4 rings (SSSR count). The van der Waals surface area contributed by atoms with E-state index in [9.17, 15) is 15.0 Å². The van der Waals surface area contributed by atoms with Gasteiger partial charge in [-0.15, -0.1) is 0 Å². The largest absolute Gasteiger partial charge is 0.508 e. The Morgan fingerprint density at radius 3 is 2.87 bits per heavy atom. The van der Waals surface area contributed by atoms with Crippen molar-refractivity contribution in [3.8, 4) is 5.75 Å². The average molecular weight is 416 g/mol. The molecule has 0 spiro atoms. The highest BCUT2D eigenvalue weighted by atomic mass is 16.5. The quantitative estimate of drug-likeness (QED) is 0.682. The Morgan fingerprint density at radius 2 is 2.10 bits per heavy atom. The van der Waals surface area contributed by atoms with Crippen molar-refractivity contribution in [2.45, 2.75) is 57.2 Å². The molecule has 3 aliphatic rings. The number of amides is 1. The predicted octanol–water partition coefficient (Wildman–Crippen LogP) is 1.83. The van der Waals surface area contributed by atoms with Gasteiger partial charge in [0.15, 0.2) is 0 Å². The molecule has 4 unspecified atom stereocenters. The number of nitrogens with one attached hydrogen (secondary N) is 1. The summed E-state index contributed by atoms with van der Waals surface area (Å²) in [4.78, 5) is 19.3. The summed E-state index contributed by atoms with van der Waals surface area (Å²) in [5.41, 5.74) is 1.46. The number of ether oxygens (including phenoxy) is 1. The summed E-state index contributed by atoms with van der Waals surface area (Å²) in [5, 5.41) is 23.7. The second-order valence-corrected chi connectivity index (χ2v) is 8.95. The Morgan fingerprint density at radius 1 is 1.33 bits per heavy atom. The second kappa shape index (κ2) is 8.94. The molecule has 7 nitrogen and oxygen atoms in total. The van der Waals surface area contributed by atoms with Gasteiger partial charge in [-0.2, -0.15) is 0 Å². The smallest absolute Gasteiger partial charge is 0.237 e. The number of aliphatic hydroxyl groups excluding tert-OH is 1. The number of fused-ring (bicyclic) bond motifs is 1. The molecule has 0 bridgehead atoms. The summed E-state index contributed by atoms with van der Waals surface area (Å²) in [6.45, 7) is 3.39. The molecule has 5 atom stereocenters. The van der Waals surface area contributed by atoms with Gasteiger partial charge in [0.05, 0.1) is 12.1 Å². The lowest BCUT2D eigenvalue weighted by atomic mass is 9.72. The van der Waals surface area contributed by atoms with Gasteiger partial charge >= 0.3 is 0 Å². The number of phenolic OH excluding ortho intramolecular Hbond substituents is 1. The molecule has 3 N–H and O–H groups in total. The number of aromatic hydroxyl groups is 1. The maximum atomic E-state index is 12.6. The summed E-state index contributed by atoms with van der Waals surface area (Å²) in [6, 6.07) is 4.68. The monoisotopic (exact) mass is 415 g/mol. The molecular formula is C23H33N3O4. The first-order valence-corrected chi connectivity index (χ1v) is 11.1. The summed E-state index contributed by atoms with van der Waals surface area (Å²) >= 11 is 0. The molecule has 1 aromatic carbocycles. The second-order valence-electron chi connectivity index (χ2n) is 8.95. The molecule has 7 heteroatoms. The van der Waals surface area contributed by atoms with Gasteiger partial charge < -0.3 is 20.3 Å². The standard InChI is InChI=1S/C23H33N3O4/c1-14-17(8-5-9-20(14)27)23-25-18(13-30-23)21(28)12-26-11-16-7-4-3-6-15(16)10-19(26)22(29)24-2/h5,8-9,15-16,18-19,21,27-28H,3-4,6-7,10-13H2,1-2H3,(H,24,29)/t15?,16?,18-,19?,21?/m0/s1. The average Bonchev–Trinajstić information content (AvgIpc) is 3.25. The molecule has 0 aromatic heterocycles. The first kappa shape index (κ1) is 21.1. The van der Waals surface area contributed by atoms with E-state index in [1.165, 1.54) is 25.7 Å². The zero-order chi connectivity index (χ0) is 21.3. The molecule has 2 fully saturated rings. The summed E-state index contributed by atoms with van der Waals surface area (Å²) in [5.74, 6) is 1.92. The number of carbonyl (C=O) groups excluding carboxylic acids is 1. The molecule has 1 saturated heterocycles. The van der Waals surface area contributed by atoms with Crippen LogP contribution in [0, 0.1) is 18.8 Å². The van der Waals surface area contributed by atoms with Crippen LogP contribution < -0.4 is 5.32 Å². The van der Waals surface area contributed by atoms with Crippen LogP contribution in [0.4, 0.5) is 0 Å². The Kier molecular flexibility index (Phi) is 6.29. The third kappa shape index (κ3) is 4.18. The van der Waals surface area contributed by atoms with Gasteiger partial charge in [-0.05, 0) is 43.7 Å². The topological polar surface area (TPSA) is 94.4 Å². The normalized spacial score (nSPS) is 30.2. The number of piperidine rings is 1. The van der Waals surface area contributed by atoms with E-state index in [1.807, 2.05) is 13.0 Å². The third-order valence-electron chi connectivity index (χ3n) is 7.13. The van der Waals surface area contributed by atoms with E-state index >= 15 is 0 Å². The molecule has 0 radical (unpaired) electrons. The molecule has 1 aliphatic carbocycles. The summed E-state index contributed by atoms with van der Waals surface area (Å²) < 4.78 is 5.76. The van der Waals surface area contributed by atoms with Crippen LogP contribution in [0.25, 0.3) is 0 Å². The molecule has 2 heterocycles. The van der Waals surface area contributed by atoms with E-state index in [2.05, 4.69) is 15.2 Å². The number of phenols is 1. The van der Waals surface area contributed by atoms with Gasteiger partial charge in [0.1, 0.15) is 18.4 Å². The maximum Gasteiger partial charge on any atom is 0.237 e. The molecule has 1 aromatic rings. The zero-order valence-corrected chi connectivity index (χ0v) is 17.9. The van der Waals surface area contributed by atoms with Crippen LogP contribution in [0.15, 0.2) is 23.2 Å². The van der Waals surface area contributed by atoms with Crippen LogP contribution in [-0.2, 0) is 9.53 Å². The Labute approximate surface area is 178 Å². The van der Waals surface area contributed by atoms with Crippen LogP contribution >= 0.6 is 0 Å². The van der Waals surface area contributed by atoms with Crippen molar-refractivity contribution in [2.24, 2.45) is 16.8 Å². The number of aliphatic hydroxyl groups is 1. The van der Waals surface area contributed by atoms with Crippen LogP contribution in [0.2, 0.25) is 0 Å². The molecule has 30 heavy (non-hydrogen) atoms. The number of aliphatic imine (C=N–C) groups is 1. The molecule has 2 aliphatic heterocycles. The molecule has 1 amide bonds. The Balaban J connectivity index is 1.46. The predicted molar refractivity (Wildman–Crippen MR) is 115 cm³/mol. The molecule has 164 valence electrons. The van der Waals surface area contributed by atoms with Gasteiger partial charge in [-0.3, -0.25) is 9.69 Å². The van der Waals surface area contributed by atoms with Gasteiger partial charge in [0, 0.05) is 31.3 Å². The van der Waals surface area contributed by atoms with Crippen molar-refractivity contribution < 1.29 is 19.7 Å². The molecular weight excluding hydrogens is 382 g/mol. The lowest BCUT2D eigenvalue weighted by Crippen LogP contribution is -2.56. The highest BCUT2D eigenvalue weighted by Crippen LogP contribution is 2.38. The van der Waals surface area contributed by atoms with Crippen LogP contribution in [-0.4, -0.2) is 71.8 Å². The SMILES string of the molecule is CNC(=O)C1CC2CCCCC2CN1CC(O)[C@@H]1COC(c2cccc(O)c2C)=N1. The van der Waals surface area contributed by atoms with Crippen LogP contribution in [0.5, 0.6) is 5.75 Å². The van der Waals surface area contributed by atoms with E-state index in [0.717, 1.165) is 18.5 Å². The summed E-state index contributed by atoms with van der Waals surface area (Å²) in [6.07, 6.45) is 5.10. The van der Waals surface area contributed by atoms with Crippen molar-refractivity contribution >= 4 is 11.8 Å². The minimum absolute atomic E-state index is 0.0356. The minimum atomic E-state index is -0.715.